The number of amides is 1. The second-order valence-electron chi connectivity index (χ2n) is 5.70. The number of nitrogens with one attached hydrogen (secondary N) is 2. The Balaban J connectivity index is 1.73. The summed E-state index contributed by atoms with van der Waals surface area (Å²) in [5, 5.41) is 7.13. The highest BCUT2D eigenvalue weighted by Gasteiger charge is 2.20. The third-order valence-corrected chi connectivity index (χ3v) is 4.69. The first kappa shape index (κ1) is 14.8. The Morgan fingerprint density at radius 3 is 2.86 bits per heavy atom. The molecule has 1 aliphatic carbocycles. The first-order chi connectivity index (χ1) is 10.6. The van der Waals surface area contributed by atoms with Gasteiger partial charge in [0.2, 0.25) is 0 Å². The van der Waals surface area contributed by atoms with Gasteiger partial charge in [0, 0.05) is 6.04 Å². The summed E-state index contributed by atoms with van der Waals surface area (Å²) in [6, 6.07) is 6.04. The third kappa shape index (κ3) is 3.22. The summed E-state index contributed by atoms with van der Waals surface area (Å²) in [4.78, 5) is 16.6. The summed E-state index contributed by atoms with van der Waals surface area (Å²) >= 11 is 1.47. The van der Waals surface area contributed by atoms with Crippen LogP contribution in [0.15, 0.2) is 23.7 Å². The fourth-order valence-corrected chi connectivity index (χ4v) is 3.50. The smallest absolute Gasteiger partial charge is 0.277 e. The van der Waals surface area contributed by atoms with Crippen molar-refractivity contribution < 1.29 is 4.79 Å². The number of carbonyl (C=O) groups is 1. The van der Waals surface area contributed by atoms with Crippen LogP contribution in [0.5, 0.6) is 0 Å². The maximum absolute atomic E-state index is 12.4. The lowest BCUT2D eigenvalue weighted by molar-refractivity contribution is 0.102. The van der Waals surface area contributed by atoms with E-state index in [1.807, 2.05) is 25.1 Å². The van der Waals surface area contributed by atoms with Gasteiger partial charge in [-0.2, -0.15) is 0 Å². The zero-order valence-electron chi connectivity index (χ0n) is 12.6. The molecule has 0 atom stereocenters. The van der Waals surface area contributed by atoms with Gasteiger partial charge in [0.05, 0.1) is 16.9 Å². The van der Waals surface area contributed by atoms with Crippen molar-refractivity contribution in [2.45, 2.75) is 38.6 Å². The molecule has 6 heteroatoms. The van der Waals surface area contributed by atoms with Gasteiger partial charge in [-0.15, -0.1) is 11.3 Å². The van der Waals surface area contributed by atoms with Gasteiger partial charge in [-0.3, -0.25) is 4.79 Å². The highest BCUT2D eigenvalue weighted by atomic mass is 32.1. The molecule has 1 fully saturated rings. The van der Waals surface area contributed by atoms with Gasteiger partial charge >= 0.3 is 0 Å². The fraction of sp³-hybridized carbons (Fsp3) is 0.375. The van der Waals surface area contributed by atoms with Crippen LogP contribution in [0, 0.1) is 6.92 Å². The highest BCUT2D eigenvalue weighted by molar-refractivity contribution is 7.14. The van der Waals surface area contributed by atoms with Crippen LogP contribution in [-0.4, -0.2) is 16.9 Å². The van der Waals surface area contributed by atoms with E-state index in [4.69, 9.17) is 5.73 Å². The molecule has 1 amide bonds. The second kappa shape index (κ2) is 6.36. The number of carbonyl (C=O) groups excluding carboxylic acids is 1. The average molecular weight is 316 g/mol. The largest absolute Gasteiger partial charge is 0.397 e. The SMILES string of the molecule is Cc1ccc(NC(=O)c2ncsc2NC2CCCC2)c(N)c1. The molecule has 2 aromatic rings. The second-order valence-corrected chi connectivity index (χ2v) is 6.56. The predicted octanol–water partition coefficient (Wildman–Crippen LogP) is 3.64. The van der Waals surface area contributed by atoms with Crippen LogP contribution in [0.1, 0.15) is 41.7 Å². The summed E-state index contributed by atoms with van der Waals surface area (Å²) in [6.07, 6.45) is 4.81. The van der Waals surface area contributed by atoms with Crippen LogP contribution in [-0.2, 0) is 0 Å². The first-order valence-corrected chi connectivity index (χ1v) is 8.39. The third-order valence-electron chi connectivity index (χ3n) is 3.93. The molecular formula is C16H20N4OS. The molecule has 1 aromatic heterocycles. The molecule has 0 radical (unpaired) electrons. The van der Waals surface area contributed by atoms with Gasteiger partial charge in [0.25, 0.3) is 5.91 Å². The van der Waals surface area contributed by atoms with Crippen LogP contribution in [0.25, 0.3) is 0 Å². The molecule has 1 aromatic carbocycles. The van der Waals surface area contributed by atoms with Gasteiger partial charge in [-0.1, -0.05) is 18.9 Å². The van der Waals surface area contributed by atoms with Crippen molar-refractivity contribution in [3.8, 4) is 0 Å². The van der Waals surface area contributed by atoms with E-state index in [-0.39, 0.29) is 5.91 Å². The van der Waals surface area contributed by atoms with E-state index in [0.29, 0.717) is 23.1 Å². The molecule has 22 heavy (non-hydrogen) atoms. The molecule has 0 spiro atoms. The summed E-state index contributed by atoms with van der Waals surface area (Å²) in [6.45, 7) is 1.96. The molecule has 1 saturated carbocycles. The van der Waals surface area contributed by atoms with Crippen molar-refractivity contribution in [1.82, 2.24) is 4.98 Å². The number of benzene rings is 1. The lowest BCUT2D eigenvalue weighted by atomic mass is 10.2. The van der Waals surface area contributed by atoms with E-state index < -0.39 is 0 Å². The van der Waals surface area contributed by atoms with Crippen molar-refractivity contribution in [3.63, 3.8) is 0 Å². The van der Waals surface area contributed by atoms with Crippen LogP contribution in [0.2, 0.25) is 0 Å². The fourth-order valence-electron chi connectivity index (χ4n) is 2.74. The number of rotatable bonds is 4. The molecule has 0 bridgehead atoms. The standard InChI is InChI=1S/C16H20N4OS/c1-10-6-7-13(12(17)8-10)20-15(21)14-16(22-9-18-14)19-11-4-2-3-5-11/h6-9,11,19H,2-5,17H2,1H3,(H,20,21). The molecule has 0 unspecified atom stereocenters. The minimum Gasteiger partial charge on any atom is -0.397 e. The van der Waals surface area contributed by atoms with Crippen LogP contribution >= 0.6 is 11.3 Å². The number of anilines is 3. The summed E-state index contributed by atoms with van der Waals surface area (Å²) in [5.41, 5.74) is 10.3. The Hall–Kier alpha value is -2.08. The Labute approximate surface area is 133 Å². The Morgan fingerprint density at radius 1 is 1.36 bits per heavy atom. The van der Waals surface area contributed by atoms with Gasteiger partial charge < -0.3 is 16.4 Å². The number of hydrogen-bond acceptors (Lipinski definition) is 5. The van der Waals surface area contributed by atoms with Crippen molar-refractivity contribution in [1.29, 1.82) is 0 Å². The topological polar surface area (TPSA) is 80.0 Å². The Kier molecular flexibility index (Phi) is 4.29. The quantitative estimate of drug-likeness (QED) is 0.752. The molecule has 3 rings (SSSR count). The molecular weight excluding hydrogens is 296 g/mol. The molecule has 0 saturated heterocycles. The number of nitrogen functional groups attached to an aromatic ring is 1. The van der Waals surface area contributed by atoms with Crippen LogP contribution in [0.3, 0.4) is 0 Å². The minimum absolute atomic E-state index is 0.225. The average Bonchev–Trinajstić information content (AvgIpc) is 3.14. The Morgan fingerprint density at radius 2 is 2.14 bits per heavy atom. The van der Waals surface area contributed by atoms with E-state index in [1.54, 1.807) is 5.51 Å². The number of aromatic nitrogens is 1. The van der Waals surface area contributed by atoms with Crippen LogP contribution in [0.4, 0.5) is 16.4 Å². The predicted molar refractivity (Wildman–Crippen MR) is 91.5 cm³/mol. The zero-order valence-corrected chi connectivity index (χ0v) is 13.4. The summed E-state index contributed by atoms with van der Waals surface area (Å²) in [7, 11) is 0. The summed E-state index contributed by atoms with van der Waals surface area (Å²) < 4.78 is 0. The maximum Gasteiger partial charge on any atom is 0.277 e. The number of nitrogens with two attached hydrogens (primary N) is 1. The highest BCUT2D eigenvalue weighted by Crippen LogP contribution is 2.28. The number of hydrogen-bond donors (Lipinski definition) is 3. The normalized spacial score (nSPS) is 15.0. The monoisotopic (exact) mass is 316 g/mol. The van der Waals surface area contributed by atoms with Crippen molar-refractivity contribution in [2.75, 3.05) is 16.4 Å². The van der Waals surface area contributed by atoms with E-state index in [2.05, 4.69) is 15.6 Å². The van der Waals surface area contributed by atoms with Crippen molar-refractivity contribution >= 4 is 33.6 Å². The lowest BCUT2D eigenvalue weighted by Crippen LogP contribution is -2.19. The number of nitrogens with zero attached hydrogens (tertiary/aromatic N) is 1. The van der Waals surface area contributed by atoms with Crippen molar-refractivity contribution in [3.05, 3.63) is 35.0 Å². The Bertz CT molecular complexity index is 677. The molecule has 1 heterocycles. The first-order valence-electron chi connectivity index (χ1n) is 7.51. The molecule has 5 nitrogen and oxygen atoms in total. The number of thiazole rings is 1. The van der Waals surface area contributed by atoms with Gasteiger partial charge in [-0.25, -0.2) is 4.98 Å². The van der Waals surface area contributed by atoms with Gasteiger partial charge in [-0.05, 0) is 37.5 Å². The number of aryl methyl sites for hydroxylation is 1. The van der Waals surface area contributed by atoms with Gasteiger partial charge in [0.1, 0.15) is 5.00 Å². The molecule has 4 N–H and O–H groups in total. The van der Waals surface area contributed by atoms with E-state index in [9.17, 15) is 4.79 Å². The minimum atomic E-state index is -0.225. The maximum atomic E-state index is 12.4. The van der Waals surface area contributed by atoms with E-state index >= 15 is 0 Å². The van der Waals surface area contributed by atoms with E-state index in [1.165, 1.54) is 24.2 Å². The van der Waals surface area contributed by atoms with Gasteiger partial charge in [0.15, 0.2) is 5.69 Å². The van der Waals surface area contributed by atoms with E-state index in [0.717, 1.165) is 23.4 Å². The summed E-state index contributed by atoms with van der Waals surface area (Å²) in [5.74, 6) is -0.225. The molecule has 1 aliphatic rings. The van der Waals surface area contributed by atoms with Crippen molar-refractivity contribution in [2.24, 2.45) is 0 Å². The lowest BCUT2D eigenvalue weighted by Gasteiger charge is -2.13. The molecule has 116 valence electrons. The van der Waals surface area contributed by atoms with Crippen LogP contribution < -0.4 is 16.4 Å². The molecule has 0 aliphatic heterocycles. The zero-order chi connectivity index (χ0) is 15.5.